The number of halogens is 1. The Morgan fingerprint density at radius 1 is 1.41 bits per heavy atom. The van der Waals surface area contributed by atoms with Gasteiger partial charge in [-0.2, -0.15) is 0 Å². The maximum absolute atomic E-state index is 9.58. The molecule has 0 saturated carbocycles. The first-order valence-corrected chi connectivity index (χ1v) is 7.82. The van der Waals surface area contributed by atoms with Crippen LogP contribution in [0.15, 0.2) is 18.2 Å². The van der Waals surface area contributed by atoms with E-state index in [0.717, 1.165) is 32.0 Å². The van der Waals surface area contributed by atoms with E-state index >= 15 is 0 Å². The van der Waals surface area contributed by atoms with E-state index in [4.69, 9.17) is 9.47 Å². The molecule has 0 aliphatic carbocycles. The van der Waals surface area contributed by atoms with Crippen LogP contribution in [0.5, 0.6) is 11.5 Å². The quantitative estimate of drug-likeness (QED) is 0.663. The number of phenolic OH excluding ortho intramolecular Hbond substituents is 1. The Hall–Kier alpha value is -0.970. The van der Waals surface area contributed by atoms with E-state index in [9.17, 15) is 5.11 Å². The fourth-order valence-electron chi connectivity index (χ4n) is 3.08. The number of benzene rings is 1. The average molecular weight is 330 g/mol. The van der Waals surface area contributed by atoms with Crippen molar-refractivity contribution in [2.45, 2.75) is 45.3 Å². The standard InChI is InChI=1S/C17H27NO3.ClH/c1-17(2)11-13(7-9-21-17)6-8-18-12-14-4-5-15(19)16(10-14)20-3;/h4-5,10,13,18-19H,6-9,11-12H2,1-3H3;1H. The summed E-state index contributed by atoms with van der Waals surface area (Å²) in [6.07, 6.45) is 3.58. The van der Waals surface area contributed by atoms with Crippen molar-refractivity contribution >= 4 is 0 Å². The van der Waals surface area contributed by atoms with Crippen LogP contribution < -0.4 is 22.5 Å². The lowest BCUT2D eigenvalue weighted by Crippen LogP contribution is -3.00. The van der Waals surface area contributed by atoms with Crippen molar-refractivity contribution in [2.24, 2.45) is 5.92 Å². The third-order valence-electron chi connectivity index (χ3n) is 4.20. The fourth-order valence-corrected chi connectivity index (χ4v) is 3.08. The summed E-state index contributed by atoms with van der Waals surface area (Å²) in [5.41, 5.74) is 1.23. The Balaban J connectivity index is 0.00000242. The summed E-state index contributed by atoms with van der Waals surface area (Å²) in [5.74, 6) is 1.53. The van der Waals surface area contributed by atoms with Crippen molar-refractivity contribution in [1.82, 2.24) is 0 Å². The molecule has 1 fully saturated rings. The summed E-state index contributed by atoms with van der Waals surface area (Å²) in [7, 11) is 1.58. The molecule has 126 valence electrons. The molecule has 1 saturated heterocycles. The van der Waals surface area contributed by atoms with E-state index in [-0.39, 0.29) is 23.8 Å². The predicted octanol–water partition coefficient (Wildman–Crippen LogP) is -0.936. The van der Waals surface area contributed by atoms with Gasteiger partial charge < -0.3 is 32.3 Å². The topological polar surface area (TPSA) is 55.3 Å². The summed E-state index contributed by atoms with van der Waals surface area (Å²) in [6.45, 7) is 7.32. The number of phenols is 1. The molecule has 1 aliphatic heterocycles. The molecule has 1 heterocycles. The van der Waals surface area contributed by atoms with Crippen LogP contribution in [0.1, 0.15) is 38.7 Å². The lowest BCUT2D eigenvalue weighted by Gasteiger charge is -2.35. The number of ether oxygens (including phenoxy) is 2. The average Bonchev–Trinajstić information content (AvgIpc) is 2.44. The number of aromatic hydroxyl groups is 1. The van der Waals surface area contributed by atoms with Crippen LogP contribution >= 0.6 is 0 Å². The minimum atomic E-state index is 0. The predicted molar refractivity (Wildman–Crippen MR) is 82.5 cm³/mol. The molecule has 0 radical (unpaired) electrons. The molecular weight excluding hydrogens is 302 g/mol. The second-order valence-electron chi connectivity index (χ2n) is 6.54. The van der Waals surface area contributed by atoms with Gasteiger partial charge >= 0.3 is 0 Å². The number of quaternary nitrogens is 1. The minimum Gasteiger partial charge on any atom is -1.00 e. The van der Waals surface area contributed by atoms with Crippen molar-refractivity contribution in [3.63, 3.8) is 0 Å². The zero-order chi connectivity index (χ0) is 15.3. The van der Waals surface area contributed by atoms with Gasteiger partial charge in [0.15, 0.2) is 11.5 Å². The van der Waals surface area contributed by atoms with Crippen molar-refractivity contribution in [3.05, 3.63) is 23.8 Å². The highest BCUT2D eigenvalue weighted by Crippen LogP contribution is 2.30. The van der Waals surface area contributed by atoms with Crippen molar-refractivity contribution in [1.29, 1.82) is 0 Å². The molecule has 0 spiro atoms. The smallest absolute Gasteiger partial charge is 0.160 e. The van der Waals surface area contributed by atoms with Crippen LogP contribution in [0.25, 0.3) is 0 Å². The van der Waals surface area contributed by atoms with Crippen LogP contribution in [0.3, 0.4) is 0 Å². The van der Waals surface area contributed by atoms with Crippen molar-refractivity contribution in [2.75, 3.05) is 20.3 Å². The highest BCUT2D eigenvalue weighted by molar-refractivity contribution is 5.41. The van der Waals surface area contributed by atoms with E-state index in [1.165, 1.54) is 18.4 Å². The summed E-state index contributed by atoms with van der Waals surface area (Å²) in [4.78, 5) is 0. The lowest BCUT2D eigenvalue weighted by molar-refractivity contribution is -0.671. The molecule has 0 bridgehead atoms. The van der Waals surface area contributed by atoms with Gasteiger partial charge in [-0.15, -0.1) is 0 Å². The molecular formula is C17H28ClNO3. The van der Waals surface area contributed by atoms with E-state index in [0.29, 0.717) is 5.75 Å². The maximum atomic E-state index is 9.58. The second-order valence-corrected chi connectivity index (χ2v) is 6.54. The molecule has 1 aromatic carbocycles. The normalized spacial score (nSPS) is 20.2. The van der Waals surface area contributed by atoms with Crippen LogP contribution in [0.2, 0.25) is 0 Å². The third kappa shape index (κ3) is 5.67. The van der Waals surface area contributed by atoms with E-state index in [1.54, 1.807) is 13.2 Å². The number of hydrogen-bond donors (Lipinski definition) is 2. The van der Waals surface area contributed by atoms with Gasteiger partial charge in [0.2, 0.25) is 0 Å². The molecule has 5 heteroatoms. The molecule has 1 aliphatic rings. The first-order valence-electron chi connectivity index (χ1n) is 7.82. The monoisotopic (exact) mass is 329 g/mol. The van der Waals surface area contributed by atoms with Crippen LogP contribution in [-0.2, 0) is 11.3 Å². The number of nitrogens with two attached hydrogens (primary N) is 1. The molecule has 4 nitrogen and oxygen atoms in total. The third-order valence-corrected chi connectivity index (χ3v) is 4.20. The SMILES string of the molecule is COc1cc(C[NH2+]CCC2CCOC(C)(C)C2)ccc1O.[Cl-]. The molecule has 1 unspecified atom stereocenters. The molecule has 22 heavy (non-hydrogen) atoms. The maximum Gasteiger partial charge on any atom is 0.160 e. The van der Waals surface area contributed by atoms with Gasteiger partial charge in [-0.3, -0.25) is 0 Å². The first-order chi connectivity index (χ1) is 10.00. The molecule has 3 N–H and O–H groups in total. The Labute approximate surface area is 139 Å². The van der Waals surface area contributed by atoms with Crippen molar-refractivity contribution < 1.29 is 32.3 Å². The molecule has 2 rings (SSSR count). The van der Waals surface area contributed by atoms with E-state index in [1.807, 2.05) is 12.1 Å². The zero-order valence-electron chi connectivity index (χ0n) is 13.8. The Morgan fingerprint density at radius 2 is 2.18 bits per heavy atom. The van der Waals surface area contributed by atoms with Gasteiger partial charge in [0.05, 0.1) is 19.3 Å². The highest BCUT2D eigenvalue weighted by Gasteiger charge is 2.28. The Morgan fingerprint density at radius 3 is 2.86 bits per heavy atom. The minimum absolute atomic E-state index is 0. The fraction of sp³-hybridized carbons (Fsp3) is 0.647. The number of rotatable bonds is 6. The molecule has 0 amide bonds. The van der Waals surface area contributed by atoms with Gasteiger partial charge in [-0.25, -0.2) is 0 Å². The summed E-state index contributed by atoms with van der Waals surface area (Å²) in [6, 6.07) is 5.55. The van der Waals surface area contributed by atoms with Gasteiger partial charge in [0.25, 0.3) is 0 Å². The first kappa shape index (κ1) is 19.1. The Kier molecular flexibility index (Phi) is 7.46. The summed E-state index contributed by atoms with van der Waals surface area (Å²) >= 11 is 0. The lowest BCUT2D eigenvalue weighted by atomic mass is 9.86. The van der Waals surface area contributed by atoms with Gasteiger partial charge in [-0.05, 0) is 57.2 Å². The highest BCUT2D eigenvalue weighted by atomic mass is 35.5. The van der Waals surface area contributed by atoms with Gasteiger partial charge in [0.1, 0.15) is 6.54 Å². The van der Waals surface area contributed by atoms with Gasteiger partial charge in [-0.1, -0.05) is 0 Å². The van der Waals surface area contributed by atoms with Crippen LogP contribution in [0, 0.1) is 5.92 Å². The second kappa shape index (κ2) is 8.61. The molecule has 1 aromatic rings. The number of methoxy groups -OCH3 is 1. The molecule has 1 atom stereocenters. The van der Waals surface area contributed by atoms with Crippen molar-refractivity contribution in [3.8, 4) is 11.5 Å². The van der Waals surface area contributed by atoms with Crippen LogP contribution in [0.4, 0.5) is 0 Å². The van der Waals surface area contributed by atoms with Crippen LogP contribution in [-0.4, -0.2) is 31.0 Å². The largest absolute Gasteiger partial charge is 1.00 e. The number of hydrogen-bond acceptors (Lipinski definition) is 3. The summed E-state index contributed by atoms with van der Waals surface area (Å²) < 4.78 is 10.9. The van der Waals surface area contributed by atoms with E-state index < -0.39 is 0 Å². The van der Waals surface area contributed by atoms with Gasteiger partial charge in [0, 0.05) is 12.2 Å². The summed E-state index contributed by atoms with van der Waals surface area (Å²) in [5, 5.41) is 11.9. The molecule has 0 aromatic heterocycles. The van der Waals surface area contributed by atoms with E-state index in [2.05, 4.69) is 19.2 Å². The zero-order valence-corrected chi connectivity index (χ0v) is 14.5. The Bertz CT molecular complexity index is 465.